The number of aryl methyl sites for hydroxylation is 2. The highest BCUT2D eigenvalue weighted by Gasteiger charge is 2.24. The lowest BCUT2D eigenvalue weighted by Gasteiger charge is -2.09. The number of anilines is 1. The normalized spacial score (nSPS) is 13.0. The Labute approximate surface area is 129 Å². The molecule has 6 nitrogen and oxygen atoms in total. The van der Waals surface area contributed by atoms with E-state index in [0.717, 1.165) is 55.0 Å². The summed E-state index contributed by atoms with van der Waals surface area (Å²) in [5, 5.41) is 19.1. The van der Waals surface area contributed by atoms with Crippen LogP contribution < -0.4 is 5.32 Å². The zero-order valence-electron chi connectivity index (χ0n) is 12.9. The van der Waals surface area contributed by atoms with E-state index in [1.165, 1.54) is 11.6 Å². The molecule has 1 N–H and O–H groups in total. The third-order valence-corrected chi connectivity index (χ3v) is 4.13. The number of nitrogens with one attached hydrogen (secondary N) is 1. The van der Waals surface area contributed by atoms with E-state index in [1.807, 2.05) is 11.6 Å². The van der Waals surface area contributed by atoms with Crippen molar-refractivity contribution in [1.82, 2.24) is 9.78 Å². The summed E-state index contributed by atoms with van der Waals surface area (Å²) in [6.45, 7) is 5.02. The highest BCUT2D eigenvalue weighted by atomic mass is 16.6. The number of hydrogen-bond donors (Lipinski definition) is 1. The Balaban J connectivity index is 2.09. The number of rotatable bonds is 5. The van der Waals surface area contributed by atoms with Gasteiger partial charge in [-0.3, -0.25) is 10.1 Å². The van der Waals surface area contributed by atoms with Crippen molar-refractivity contribution in [2.24, 2.45) is 0 Å². The summed E-state index contributed by atoms with van der Waals surface area (Å²) < 4.78 is 1.84. The molecule has 1 aromatic heterocycles. The Bertz CT molecular complexity index is 721. The summed E-state index contributed by atoms with van der Waals surface area (Å²) in [6, 6.07) is 4.92. The van der Waals surface area contributed by atoms with E-state index in [2.05, 4.69) is 12.2 Å². The van der Waals surface area contributed by atoms with Crippen molar-refractivity contribution in [3.63, 3.8) is 0 Å². The molecule has 2 aromatic rings. The summed E-state index contributed by atoms with van der Waals surface area (Å²) in [6.07, 6.45) is 4.17. The summed E-state index contributed by atoms with van der Waals surface area (Å²) in [4.78, 5) is 10.7. The number of aromatic nitrogens is 2. The first-order valence-corrected chi connectivity index (χ1v) is 7.72. The number of fused-ring (bicyclic) bond motifs is 1. The second-order valence-electron chi connectivity index (χ2n) is 5.69. The molecule has 1 aliphatic heterocycles. The van der Waals surface area contributed by atoms with Crippen molar-refractivity contribution in [2.75, 3.05) is 11.9 Å². The molecule has 0 spiro atoms. The molecule has 0 saturated carbocycles. The van der Waals surface area contributed by atoms with Gasteiger partial charge in [0.1, 0.15) is 5.82 Å². The molecule has 0 unspecified atom stereocenters. The van der Waals surface area contributed by atoms with Crippen LogP contribution in [0.5, 0.6) is 0 Å². The third-order valence-electron chi connectivity index (χ3n) is 4.13. The fourth-order valence-corrected chi connectivity index (χ4v) is 2.90. The van der Waals surface area contributed by atoms with Crippen LogP contribution >= 0.6 is 0 Å². The molecule has 0 bridgehead atoms. The van der Waals surface area contributed by atoms with Gasteiger partial charge in [-0.25, -0.2) is 4.68 Å². The van der Waals surface area contributed by atoms with Crippen LogP contribution in [0.15, 0.2) is 18.2 Å². The first kappa shape index (κ1) is 14.6. The van der Waals surface area contributed by atoms with Gasteiger partial charge < -0.3 is 5.32 Å². The van der Waals surface area contributed by atoms with Gasteiger partial charge in [-0.15, -0.1) is 0 Å². The zero-order valence-corrected chi connectivity index (χ0v) is 12.9. The largest absolute Gasteiger partial charge is 0.369 e. The molecule has 0 fully saturated rings. The van der Waals surface area contributed by atoms with E-state index in [4.69, 9.17) is 5.10 Å². The molecule has 1 aliphatic rings. The molecule has 0 saturated heterocycles. The Hall–Kier alpha value is -2.37. The predicted octanol–water partition coefficient (Wildman–Crippen LogP) is 3.40. The molecule has 0 radical (unpaired) electrons. The monoisotopic (exact) mass is 300 g/mol. The molecule has 0 atom stereocenters. The number of non-ortho nitro benzene ring substituents is 1. The van der Waals surface area contributed by atoms with Crippen molar-refractivity contribution in [3.05, 3.63) is 45.1 Å². The van der Waals surface area contributed by atoms with Gasteiger partial charge in [-0.1, -0.05) is 19.4 Å². The highest BCUT2D eigenvalue weighted by Crippen LogP contribution is 2.31. The molecule has 2 heterocycles. The number of benzene rings is 1. The van der Waals surface area contributed by atoms with E-state index in [9.17, 15) is 10.1 Å². The van der Waals surface area contributed by atoms with E-state index >= 15 is 0 Å². The first-order chi connectivity index (χ1) is 10.6. The van der Waals surface area contributed by atoms with Crippen LogP contribution in [0, 0.1) is 17.0 Å². The smallest absolute Gasteiger partial charge is 0.271 e. The predicted molar refractivity (Wildman–Crippen MR) is 85.8 cm³/mol. The zero-order chi connectivity index (χ0) is 15.7. The highest BCUT2D eigenvalue weighted by molar-refractivity contribution is 5.60. The lowest BCUT2D eigenvalue weighted by Crippen LogP contribution is -2.07. The second kappa shape index (κ2) is 5.79. The maximum atomic E-state index is 11.0. The fraction of sp³-hybridized carbons (Fsp3) is 0.438. The number of nitro benzene ring substituents is 1. The summed E-state index contributed by atoms with van der Waals surface area (Å²) >= 11 is 0. The first-order valence-electron chi connectivity index (χ1n) is 7.72. The summed E-state index contributed by atoms with van der Waals surface area (Å²) in [5.41, 5.74) is 4.24. The number of nitrogens with zero attached hydrogens (tertiary/aromatic N) is 3. The van der Waals surface area contributed by atoms with Crippen LogP contribution in [0.3, 0.4) is 0 Å². The minimum absolute atomic E-state index is 0.0953. The van der Waals surface area contributed by atoms with E-state index in [-0.39, 0.29) is 10.6 Å². The van der Waals surface area contributed by atoms with Crippen molar-refractivity contribution >= 4 is 11.5 Å². The number of nitro groups is 1. The third kappa shape index (κ3) is 2.45. The topological polar surface area (TPSA) is 73.0 Å². The number of hydrogen-bond acceptors (Lipinski definition) is 4. The molecule has 22 heavy (non-hydrogen) atoms. The molecule has 0 amide bonds. The van der Waals surface area contributed by atoms with Crippen LogP contribution in [-0.2, 0) is 12.8 Å². The van der Waals surface area contributed by atoms with Gasteiger partial charge in [0.25, 0.3) is 5.69 Å². The average molecular weight is 300 g/mol. The van der Waals surface area contributed by atoms with Crippen LogP contribution in [0.1, 0.15) is 36.6 Å². The SMILES string of the molecule is CCCCc1nn(-c2cc([N+](=O)[O-])ccc2C)c2c1CCN2. The Kier molecular flexibility index (Phi) is 3.83. The Morgan fingerprint density at radius 2 is 2.27 bits per heavy atom. The van der Waals surface area contributed by atoms with Crippen molar-refractivity contribution in [1.29, 1.82) is 0 Å². The maximum absolute atomic E-state index is 11.0. The van der Waals surface area contributed by atoms with Gasteiger partial charge >= 0.3 is 0 Å². The van der Waals surface area contributed by atoms with E-state index < -0.39 is 0 Å². The summed E-state index contributed by atoms with van der Waals surface area (Å²) in [7, 11) is 0. The van der Waals surface area contributed by atoms with Gasteiger partial charge in [-0.2, -0.15) is 5.10 Å². The molecule has 0 aliphatic carbocycles. The lowest BCUT2D eigenvalue weighted by molar-refractivity contribution is -0.384. The van der Waals surface area contributed by atoms with Crippen LogP contribution in [0.2, 0.25) is 0 Å². The molecule has 6 heteroatoms. The van der Waals surface area contributed by atoms with E-state index in [0.29, 0.717) is 0 Å². The molecular formula is C16H20N4O2. The Morgan fingerprint density at radius 3 is 3.00 bits per heavy atom. The van der Waals surface area contributed by atoms with Gasteiger partial charge in [-0.05, 0) is 31.7 Å². The van der Waals surface area contributed by atoms with Crippen molar-refractivity contribution in [2.45, 2.75) is 39.5 Å². The van der Waals surface area contributed by atoms with Crippen molar-refractivity contribution < 1.29 is 4.92 Å². The van der Waals surface area contributed by atoms with Gasteiger partial charge in [0.15, 0.2) is 0 Å². The second-order valence-corrected chi connectivity index (χ2v) is 5.69. The molecule has 3 rings (SSSR count). The molecule has 1 aromatic carbocycles. The summed E-state index contributed by atoms with van der Waals surface area (Å²) in [5.74, 6) is 0.995. The van der Waals surface area contributed by atoms with Gasteiger partial charge in [0.05, 0.1) is 16.3 Å². The lowest BCUT2D eigenvalue weighted by atomic mass is 10.1. The van der Waals surface area contributed by atoms with Crippen molar-refractivity contribution in [3.8, 4) is 5.69 Å². The number of unbranched alkanes of at least 4 members (excludes halogenated alkanes) is 1. The van der Waals surface area contributed by atoms with Gasteiger partial charge in [0, 0.05) is 24.2 Å². The molecule has 116 valence electrons. The van der Waals surface area contributed by atoms with Crippen LogP contribution in [-0.4, -0.2) is 21.2 Å². The minimum Gasteiger partial charge on any atom is -0.369 e. The fourth-order valence-electron chi connectivity index (χ4n) is 2.90. The average Bonchev–Trinajstić information content (AvgIpc) is 3.08. The Morgan fingerprint density at radius 1 is 1.45 bits per heavy atom. The van der Waals surface area contributed by atoms with E-state index in [1.54, 1.807) is 12.1 Å². The minimum atomic E-state index is -0.363. The van der Waals surface area contributed by atoms with Crippen LogP contribution in [0.4, 0.5) is 11.5 Å². The maximum Gasteiger partial charge on any atom is 0.271 e. The standard InChI is InChI=1S/C16H20N4O2/c1-3-4-5-14-13-8-9-17-16(13)19(18-14)15-10-12(20(21)22)7-6-11(15)2/h6-7,10,17H,3-5,8-9H2,1-2H3. The van der Waals surface area contributed by atoms with Crippen LogP contribution in [0.25, 0.3) is 5.69 Å². The van der Waals surface area contributed by atoms with Gasteiger partial charge in [0.2, 0.25) is 0 Å². The molecular weight excluding hydrogens is 280 g/mol. The quantitative estimate of drug-likeness (QED) is 0.678.